The van der Waals surface area contributed by atoms with Gasteiger partial charge in [-0.25, -0.2) is 8.42 Å². The monoisotopic (exact) mass is 385 g/mol. The Morgan fingerprint density at radius 1 is 1.10 bits per heavy atom. The Morgan fingerprint density at radius 3 is 2.43 bits per heavy atom. The molecular formula is C12H7Cl4NO3S. The summed E-state index contributed by atoms with van der Waals surface area (Å²) in [5.41, 5.74) is 0.702. The topological polar surface area (TPSA) is 56.3 Å². The van der Waals surface area contributed by atoms with Crippen LogP contribution in [0.25, 0.3) is 0 Å². The standard InChI is InChI=1S/C12H7Cl4NO3S/c13-8-5-17-4-3-7(8)6-20-9-1-2-10(21(16,18)19)12(15)11(9)14/h1-5H,6H2. The van der Waals surface area contributed by atoms with Crippen LogP contribution < -0.4 is 4.74 Å². The molecule has 0 saturated carbocycles. The second-order valence-corrected chi connectivity index (χ2v) is 7.58. The second kappa shape index (κ2) is 6.58. The Hall–Kier alpha value is -0.720. The number of hydrogen-bond acceptors (Lipinski definition) is 4. The molecule has 0 aliphatic carbocycles. The van der Waals surface area contributed by atoms with Crippen molar-refractivity contribution < 1.29 is 13.2 Å². The molecule has 0 N–H and O–H groups in total. The Balaban J connectivity index is 2.27. The second-order valence-electron chi connectivity index (χ2n) is 3.88. The summed E-state index contributed by atoms with van der Waals surface area (Å²) in [6, 6.07) is 4.29. The molecule has 0 fully saturated rings. The summed E-state index contributed by atoms with van der Waals surface area (Å²) in [6.07, 6.45) is 3.06. The molecule has 1 heterocycles. The minimum absolute atomic E-state index is 0.0384. The zero-order chi connectivity index (χ0) is 15.6. The third-order valence-electron chi connectivity index (χ3n) is 2.51. The molecule has 0 amide bonds. The summed E-state index contributed by atoms with van der Waals surface area (Å²) in [5.74, 6) is 0.221. The van der Waals surface area contributed by atoms with Crippen molar-refractivity contribution in [3.63, 3.8) is 0 Å². The maximum atomic E-state index is 11.3. The van der Waals surface area contributed by atoms with Crippen LogP contribution in [0, 0.1) is 0 Å². The molecular weight excluding hydrogens is 380 g/mol. The summed E-state index contributed by atoms with van der Waals surface area (Å²) in [5, 5.41) is 0.216. The molecule has 1 aromatic heterocycles. The zero-order valence-electron chi connectivity index (χ0n) is 10.2. The molecule has 9 heteroatoms. The maximum Gasteiger partial charge on any atom is 0.262 e. The van der Waals surface area contributed by atoms with E-state index in [1.807, 2.05) is 0 Å². The van der Waals surface area contributed by atoms with Gasteiger partial charge in [-0.2, -0.15) is 0 Å². The van der Waals surface area contributed by atoms with Gasteiger partial charge in [-0.1, -0.05) is 34.8 Å². The Morgan fingerprint density at radius 2 is 1.81 bits per heavy atom. The highest BCUT2D eigenvalue weighted by molar-refractivity contribution is 8.13. The lowest BCUT2D eigenvalue weighted by molar-refractivity contribution is 0.306. The average Bonchev–Trinajstić information content (AvgIpc) is 2.40. The molecule has 0 unspecified atom stereocenters. The van der Waals surface area contributed by atoms with Crippen LogP contribution in [0.1, 0.15) is 5.56 Å². The van der Waals surface area contributed by atoms with Gasteiger partial charge in [-0.05, 0) is 18.2 Å². The lowest BCUT2D eigenvalue weighted by Crippen LogP contribution is -1.99. The molecule has 112 valence electrons. The number of nitrogens with zero attached hydrogens (tertiary/aromatic N) is 1. The van der Waals surface area contributed by atoms with E-state index >= 15 is 0 Å². The highest BCUT2D eigenvalue weighted by atomic mass is 35.7. The fourth-order valence-electron chi connectivity index (χ4n) is 1.49. The van der Waals surface area contributed by atoms with Crippen LogP contribution in [-0.2, 0) is 15.7 Å². The van der Waals surface area contributed by atoms with Crippen molar-refractivity contribution in [2.75, 3.05) is 0 Å². The first-order valence-corrected chi connectivity index (χ1v) is 8.89. The number of ether oxygens (including phenoxy) is 1. The minimum Gasteiger partial charge on any atom is -0.487 e. The number of benzene rings is 1. The normalized spacial score (nSPS) is 11.4. The van der Waals surface area contributed by atoms with Crippen molar-refractivity contribution >= 4 is 54.5 Å². The summed E-state index contributed by atoms with van der Waals surface area (Å²) in [7, 11) is 1.27. The van der Waals surface area contributed by atoms with Crippen LogP contribution in [0.15, 0.2) is 35.5 Å². The molecule has 0 spiro atoms. The summed E-state index contributed by atoms with van der Waals surface area (Å²) in [4.78, 5) is 3.58. The molecule has 21 heavy (non-hydrogen) atoms. The lowest BCUT2D eigenvalue weighted by Gasteiger charge is -2.11. The van der Waals surface area contributed by atoms with E-state index in [-0.39, 0.29) is 27.3 Å². The molecule has 0 aliphatic rings. The van der Waals surface area contributed by atoms with Crippen LogP contribution in [0.3, 0.4) is 0 Å². The Labute approximate surface area is 141 Å². The first-order chi connectivity index (χ1) is 9.80. The van der Waals surface area contributed by atoms with E-state index in [1.165, 1.54) is 18.3 Å². The quantitative estimate of drug-likeness (QED) is 0.723. The lowest BCUT2D eigenvalue weighted by atomic mass is 10.3. The van der Waals surface area contributed by atoms with Gasteiger partial charge >= 0.3 is 0 Å². The summed E-state index contributed by atoms with van der Waals surface area (Å²) in [6.45, 7) is 0.129. The largest absolute Gasteiger partial charge is 0.487 e. The van der Waals surface area contributed by atoms with Crippen LogP contribution in [0.5, 0.6) is 5.75 Å². The van der Waals surface area contributed by atoms with Gasteiger partial charge in [0.05, 0.1) is 10.0 Å². The van der Waals surface area contributed by atoms with Crippen molar-refractivity contribution in [2.24, 2.45) is 0 Å². The van der Waals surface area contributed by atoms with Crippen molar-refractivity contribution in [3.05, 3.63) is 51.2 Å². The van der Waals surface area contributed by atoms with Crippen LogP contribution in [-0.4, -0.2) is 13.4 Å². The maximum absolute atomic E-state index is 11.3. The summed E-state index contributed by atoms with van der Waals surface area (Å²) < 4.78 is 28.1. The molecule has 4 nitrogen and oxygen atoms in total. The molecule has 0 aliphatic heterocycles. The Kier molecular flexibility index (Phi) is 5.22. The molecule has 0 bridgehead atoms. The molecule has 0 radical (unpaired) electrons. The summed E-state index contributed by atoms with van der Waals surface area (Å²) >= 11 is 17.8. The van der Waals surface area contributed by atoms with Gasteiger partial charge in [0.2, 0.25) is 0 Å². The van der Waals surface area contributed by atoms with E-state index in [0.717, 1.165) is 0 Å². The Bertz CT molecular complexity index is 780. The SMILES string of the molecule is O=S(=O)(Cl)c1ccc(OCc2ccncc2Cl)c(Cl)c1Cl. The molecule has 0 atom stereocenters. The van der Waals surface area contributed by atoms with Crippen LogP contribution in [0.4, 0.5) is 0 Å². The molecule has 2 rings (SSSR count). The number of pyridine rings is 1. The van der Waals surface area contributed by atoms with Gasteiger partial charge in [-0.15, -0.1) is 0 Å². The fraction of sp³-hybridized carbons (Fsp3) is 0.0833. The first-order valence-electron chi connectivity index (χ1n) is 5.44. The van der Waals surface area contributed by atoms with Gasteiger partial charge < -0.3 is 4.74 Å². The van der Waals surface area contributed by atoms with Crippen LogP contribution in [0.2, 0.25) is 15.1 Å². The van der Waals surface area contributed by atoms with E-state index < -0.39 is 9.05 Å². The first kappa shape index (κ1) is 16.6. The average molecular weight is 387 g/mol. The van der Waals surface area contributed by atoms with Gasteiger partial charge in [0.1, 0.15) is 22.3 Å². The van der Waals surface area contributed by atoms with Crippen LogP contribution >= 0.6 is 45.5 Å². The van der Waals surface area contributed by atoms with E-state index in [9.17, 15) is 8.42 Å². The fourth-order valence-corrected chi connectivity index (χ4v) is 3.45. The molecule has 0 saturated heterocycles. The highest BCUT2D eigenvalue weighted by Crippen LogP contribution is 2.38. The highest BCUT2D eigenvalue weighted by Gasteiger charge is 2.20. The van der Waals surface area contributed by atoms with Crippen molar-refractivity contribution in [2.45, 2.75) is 11.5 Å². The van der Waals surface area contributed by atoms with Gasteiger partial charge in [0, 0.05) is 28.6 Å². The zero-order valence-corrected chi connectivity index (χ0v) is 14.0. The number of aromatic nitrogens is 1. The third-order valence-corrected chi connectivity index (χ3v) is 5.19. The van der Waals surface area contributed by atoms with E-state index in [1.54, 1.807) is 12.3 Å². The number of halogens is 4. The minimum atomic E-state index is -3.98. The van der Waals surface area contributed by atoms with E-state index in [0.29, 0.717) is 10.6 Å². The van der Waals surface area contributed by atoms with Crippen molar-refractivity contribution in [1.29, 1.82) is 0 Å². The predicted molar refractivity (Wildman–Crippen MR) is 83.1 cm³/mol. The predicted octanol–water partition coefficient (Wildman–Crippen LogP) is 4.55. The number of rotatable bonds is 4. The number of hydrogen-bond donors (Lipinski definition) is 0. The molecule has 2 aromatic rings. The van der Waals surface area contributed by atoms with Gasteiger partial charge in [-0.3, -0.25) is 4.98 Å². The van der Waals surface area contributed by atoms with Gasteiger partial charge in [0.15, 0.2) is 0 Å². The van der Waals surface area contributed by atoms with Gasteiger partial charge in [0.25, 0.3) is 9.05 Å². The van der Waals surface area contributed by atoms with Crippen molar-refractivity contribution in [1.82, 2.24) is 4.98 Å². The molecule has 1 aromatic carbocycles. The third kappa shape index (κ3) is 3.93. The van der Waals surface area contributed by atoms with E-state index in [4.69, 9.17) is 50.2 Å². The smallest absolute Gasteiger partial charge is 0.262 e. The van der Waals surface area contributed by atoms with Crippen molar-refractivity contribution in [3.8, 4) is 5.75 Å². The van der Waals surface area contributed by atoms with E-state index in [2.05, 4.69) is 4.98 Å².